The predicted octanol–water partition coefficient (Wildman–Crippen LogP) is 4.43. The SMILES string of the molecule is [C-]#[N+]c1c(-c2ccnn2C)c(C=C)cc2ccccc12. The van der Waals surface area contributed by atoms with Crippen molar-refractivity contribution in [3.63, 3.8) is 0 Å². The van der Waals surface area contributed by atoms with Crippen molar-refractivity contribution in [3.8, 4) is 11.3 Å². The lowest BCUT2D eigenvalue weighted by molar-refractivity contribution is 0.776. The summed E-state index contributed by atoms with van der Waals surface area (Å²) in [4.78, 5) is 3.77. The average Bonchev–Trinajstić information content (AvgIpc) is 2.90. The van der Waals surface area contributed by atoms with Crippen LogP contribution in [0.2, 0.25) is 0 Å². The topological polar surface area (TPSA) is 22.2 Å². The van der Waals surface area contributed by atoms with E-state index in [1.165, 1.54) is 0 Å². The van der Waals surface area contributed by atoms with Crippen LogP contribution in [0.4, 0.5) is 5.69 Å². The van der Waals surface area contributed by atoms with Gasteiger partial charge in [0.2, 0.25) is 5.69 Å². The molecule has 0 amide bonds. The Bertz CT molecular complexity index is 850. The maximum atomic E-state index is 7.57. The number of hydrogen-bond acceptors (Lipinski definition) is 1. The van der Waals surface area contributed by atoms with Gasteiger partial charge in [-0.05, 0) is 28.5 Å². The number of aryl methyl sites for hydroxylation is 1. The summed E-state index contributed by atoms with van der Waals surface area (Å²) in [5.41, 5.74) is 3.44. The molecule has 0 atom stereocenters. The van der Waals surface area contributed by atoms with Gasteiger partial charge in [-0.3, -0.25) is 4.68 Å². The van der Waals surface area contributed by atoms with Crippen LogP contribution >= 0.6 is 0 Å². The fourth-order valence-electron chi connectivity index (χ4n) is 2.52. The van der Waals surface area contributed by atoms with Gasteiger partial charge < -0.3 is 0 Å². The van der Waals surface area contributed by atoms with Gasteiger partial charge in [0.1, 0.15) is 0 Å². The van der Waals surface area contributed by atoms with Crippen molar-refractivity contribution >= 4 is 22.5 Å². The van der Waals surface area contributed by atoms with Gasteiger partial charge in [-0.2, -0.15) is 5.10 Å². The molecule has 0 bridgehead atoms. The van der Waals surface area contributed by atoms with Crippen LogP contribution in [0.15, 0.2) is 49.2 Å². The van der Waals surface area contributed by atoms with E-state index in [0.717, 1.165) is 27.6 Å². The number of hydrogen-bond donors (Lipinski definition) is 0. The molecule has 3 rings (SSSR count). The third-order valence-electron chi connectivity index (χ3n) is 3.46. The van der Waals surface area contributed by atoms with Gasteiger partial charge in [0.25, 0.3) is 0 Å². The van der Waals surface area contributed by atoms with Gasteiger partial charge >= 0.3 is 0 Å². The summed E-state index contributed by atoms with van der Waals surface area (Å²) in [6.07, 6.45) is 3.54. The summed E-state index contributed by atoms with van der Waals surface area (Å²) >= 11 is 0. The summed E-state index contributed by atoms with van der Waals surface area (Å²) in [5, 5.41) is 6.22. The van der Waals surface area contributed by atoms with Crippen molar-refractivity contribution in [1.82, 2.24) is 9.78 Å². The number of rotatable bonds is 2. The average molecular weight is 259 g/mol. The van der Waals surface area contributed by atoms with Gasteiger partial charge in [-0.15, -0.1) is 0 Å². The second-order valence-electron chi connectivity index (χ2n) is 4.57. The van der Waals surface area contributed by atoms with Crippen molar-refractivity contribution in [2.75, 3.05) is 0 Å². The molecule has 0 spiro atoms. The molecular formula is C17H13N3. The lowest BCUT2D eigenvalue weighted by Crippen LogP contribution is -1.95. The summed E-state index contributed by atoms with van der Waals surface area (Å²) in [5.74, 6) is 0. The van der Waals surface area contributed by atoms with E-state index in [2.05, 4.69) is 22.6 Å². The second-order valence-corrected chi connectivity index (χ2v) is 4.57. The van der Waals surface area contributed by atoms with Crippen LogP contribution in [0.1, 0.15) is 5.56 Å². The molecule has 3 heteroatoms. The molecule has 0 aliphatic rings. The molecule has 0 saturated heterocycles. The van der Waals surface area contributed by atoms with E-state index in [9.17, 15) is 0 Å². The normalized spacial score (nSPS) is 10.4. The summed E-state index contributed by atoms with van der Waals surface area (Å²) < 4.78 is 1.78. The molecule has 0 unspecified atom stereocenters. The van der Waals surface area contributed by atoms with Crippen molar-refractivity contribution in [2.24, 2.45) is 7.05 Å². The number of benzene rings is 2. The molecule has 0 aliphatic heterocycles. The van der Waals surface area contributed by atoms with Crippen LogP contribution in [0, 0.1) is 6.57 Å². The zero-order chi connectivity index (χ0) is 14.1. The van der Waals surface area contributed by atoms with Crippen molar-refractivity contribution in [3.05, 3.63) is 66.2 Å². The van der Waals surface area contributed by atoms with Crippen LogP contribution in [0.3, 0.4) is 0 Å². The Labute approximate surface area is 117 Å². The summed E-state index contributed by atoms with van der Waals surface area (Å²) in [6, 6.07) is 11.9. The minimum atomic E-state index is 0.654. The highest BCUT2D eigenvalue weighted by atomic mass is 15.3. The Morgan fingerprint density at radius 1 is 1.30 bits per heavy atom. The standard InChI is InChI=1S/C17H13N3/c1-4-12-11-13-7-5-6-8-14(13)17(18-2)16(12)15-9-10-19-20(15)3/h4-11H,1H2,3H3. The van der Waals surface area contributed by atoms with Gasteiger partial charge in [0, 0.05) is 18.8 Å². The fraction of sp³-hybridized carbons (Fsp3) is 0.0588. The highest BCUT2D eigenvalue weighted by Crippen LogP contribution is 2.40. The molecule has 1 aromatic heterocycles. The third kappa shape index (κ3) is 1.70. The molecule has 3 aromatic rings. The zero-order valence-electron chi connectivity index (χ0n) is 11.2. The van der Waals surface area contributed by atoms with E-state index in [0.29, 0.717) is 5.69 Å². The van der Waals surface area contributed by atoms with Crippen LogP contribution in [-0.4, -0.2) is 9.78 Å². The van der Waals surface area contributed by atoms with E-state index < -0.39 is 0 Å². The monoisotopic (exact) mass is 259 g/mol. The second kappa shape index (κ2) is 4.67. The Morgan fingerprint density at radius 2 is 2.10 bits per heavy atom. The lowest BCUT2D eigenvalue weighted by Gasteiger charge is -2.12. The van der Waals surface area contributed by atoms with E-state index in [1.807, 2.05) is 37.4 Å². The van der Waals surface area contributed by atoms with Crippen molar-refractivity contribution in [1.29, 1.82) is 0 Å². The minimum Gasteiger partial charge on any atom is -0.269 e. The molecule has 20 heavy (non-hydrogen) atoms. The number of aromatic nitrogens is 2. The number of nitrogens with zero attached hydrogens (tertiary/aromatic N) is 3. The Balaban J connectivity index is 2.50. The molecule has 0 fully saturated rings. The maximum Gasteiger partial charge on any atom is 0.204 e. The van der Waals surface area contributed by atoms with Crippen LogP contribution in [0.5, 0.6) is 0 Å². The van der Waals surface area contributed by atoms with Crippen molar-refractivity contribution in [2.45, 2.75) is 0 Å². The van der Waals surface area contributed by atoms with E-state index >= 15 is 0 Å². The van der Waals surface area contributed by atoms with E-state index in [-0.39, 0.29) is 0 Å². The first kappa shape index (κ1) is 12.2. The van der Waals surface area contributed by atoms with Gasteiger partial charge in [0.05, 0.1) is 12.3 Å². The first-order chi connectivity index (χ1) is 9.76. The van der Waals surface area contributed by atoms with Crippen LogP contribution in [-0.2, 0) is 7.05 Å². The number of fused-ring (bicyclic) bond motifs is 1. The highest BCUT2D eigenvalue weighted by Gasteiger charge is 2.15. The van der Waals surface area contributed by atoms with Gasteiger partial charge in [-0.1, -0.05) is 36.9 Å². The van der Waals surface area contributed by atoms with Gasteiger partial charge in [0.15, 0.2) is 0 Å². The van der Waals surface area contributed by atoms with E-state index in [1.54, 1.807) is 17.0 Å². The molecule has 3 nitrogen and oxygen atoms in total. The molecule has 2 aromatic carbocycles. The smallest absolute Gasteiger partial charge is 0.204 e. The Morgan fingerprint density at radius 3 is 2.75 bits per heavy atom. The molecule has 0 aliphatic carbocycles. The molecule has 1 heterocycles. The predicted molar refractivity (Wildman–Crippen MR) is 82.5 cm³/mol. The van der Waals surface area contributed by atoms with Crippen LogP contribution in [0.25, 0.3) is 33.0 Å². The quantitative estimate of drug-likeness (QED) is 0.624. The van der Waals surface area contributed by atoms with E-state index in [4.69, 9.17) is 6.57 Å². The lowest BCUT2D eigenvalue weighted by atomic mass is 9.96. The largest absolute Gasteiger partial charge is 0.269 e. The maximum absolute atomic E-state index is 7.57. The molecule has 0 N–H and O–H groups in total. The molecule has 0 saturated carbocycles. The Kier molecular flexibility index (Phi) is 2.85. The summed E-state index contributed by atoms with van der Waals surface area (Å²) in [7, 11) is 1.88. The first-order valence-corrected chi connectivity index (χ1v) is 6.30. The summed E-state index contributed by atoms with van der Waals surface area (Å²) in [6.45, 7) is 11.5. The highest BCUT2D eigenvalue weighted by molar-refractivity contribution is 6.04. The first-order valence-electron chi connectivity index (χ1n) is 6.30. The molecule has 0 radical (unpaired) electrons. The van der Waals surface area contributed by atoms with Crippen LogP contribution < -0.4 is 0 Å². The zero-order valence-corrected chi connectivity index (χ0v) is 11.2. The molecule has 96 valence electrons. The van der Waals surface area contributed by atoms with Gasteiger partial charge in [-0.25, -0.2) is 4.85 Å². The molecular weight excluding hydrogens is 246 g/mol. The third-order valence-corrected chi connectivity index (χ3v) is 3.46. The fourth-order valence-corrected chi connectivity index (χ4v) is 2.52. The minimum absolute atomic E-state index is 0.654. The van der Waals surface area contributed by atoms with Crippen molar-refractivity contribution < 1.29 is 0 Å². The Hall–Kier alpha value is -2.86.